The van der Waals surface area contributed by atoms with E-state index in [1.807, 2.05) is 68.4 Å². The summed E-state index contributed by atoms with van der Waals surface area (Å²) in [4.78, 5) is 12.6. The van der Waals surface area contributed by atoms with Gasteiger partial charge in [0.1, 0.15) is 24.0 Å². The van der Waals surface area contributed by atoms with E-state index < -0.39 is 5.91 Å². The predicted molar refractivity (Wildman–Crippen MR) is 120 cm³/mol. The van der Waals surface area contributed by atoms with Gasteiger partial charge in [-0.15, -0.1) is 0 Å². The largest absolute Gasteiger partial charge is 0.488 e. The van der Waals surface area contributed by atoms with Crippen LogP contribution in [-0.2, 0) is 11.4 Å². The highest BCUT2D eigenvalue weighted by Gasteiger charge is 2.12. The van der Waals surface area contributed by atoms with Crippen molar-refractivity contribution >= 4 is 29.3 Å². The van der Waals surface area contributed by atoms with Crippen LogP contribution in [0.5, 0.6) is 5.75 Å². The van der Waals surface area contributed by atoms with Crippen LogP contribution in [0.4, 0.5) is 5.69 Å². The normalized spacial score (nSPS) is 10.9. The number of halogens is 1. The zero-order valence-corrected chi connectivity index (χ0v) is 17.5. The second-order valence-electron chi connectivity index (χ2n) is 6.84. The van der Waals surface area contributed by atoms with Gasteiger partial charge in [0.2, 0.25) is 0 Å². The average molecular weight is 417 g/mol. The van der Waals surface area contributed by atoms with E-state index in [1.54, 1.807) is 18.2 Å². The van der Waals surface area contributed by atoms with E-state index in [4.69, 9.17) is 16.3 Å². The zero-order valence-electron chi connectivity index (χ0n) is 16.8. The fraction of sp³-hybridized carbons (Fsp3) is 0.120. The van der Waals surface area contributed by atoms with Crippen LogP contribution in [0.25, 0.3) is 6.08 Å². The van der Waals surface area contributed by atoms with Crippen LogP contribution in [0.15, 0.2) is 72.3 Å². The van der Waals surface area contributed by atoms with Crippen LogP contribution in [0.2, 0.25) is 5.02 Å². The Morgan fingerprint density at radius 3 is 2.53 bits per heavy atom. The summed E-state index contributed by atoms with van der Waals surface area (Å²) in [7, 11) is 0. The number of nitriles is 1. The number of rotatable bonds is 6. The SMILES string of the molecule is Cc1ccc(NC(=O)/C(C#N)=C/c2ccccc2OCc2ccccc2Cl)cc1C. The molecular weight excluding hydrogens is 396 g/mol. The number of hydrogen-bond donors (Lipinski definition) is 1. The molecule has 0 aliphatic carbocycles. The van der Waals surface area contributed by atoms with Gasteiger partial charge in [-0.25, -0.2) is 0 Å². The van der Waals surface area contributed by atoms with Gasteiger partial charge in [-0.1, -0.05) is 54.1 Å². The summed E-state index contributed by atoms with van der Waals surface area (Å²) < 4.78 is 5.91. The van der Waals surface area contributed by atoms with E-state index in [9.17, 15) is 10.1 Å². The molecule has 0 heterocycles. The lowest BCUT2D eigenvalue weighted by molar-refractivity contribution is -0.112. The Labute approximate surface area is 181 Å². The highest BCUT2D eigenvalue weighted by atomic mass is 35.5. The van der Waals surface area contributed by atoms with Gasteiger partial charge in [0, 0.05) is 21.8 Å². The van der Waals surface area contributed by atoms with Crippen LogP contribution in [0.1, 0.15) is 22.3 Å². The summed E-state index contributed by atoms with van der Waals surface area (Å²) in [5, 5.41) is 12.9. The Morgan fingerprint density at radius 1 is 1.07 bits per heavy atom. The van der Waals surface area contributed by atoms with Crippen molar-refractivity contribution in [1.82, 2.24) is 0 Å². The molecule has 0 aromatic heterocycles. The van der Waals surface area contributed by atoms with Gasteiger partial charge < -0.3 is 10.1 Å². The minimum absolute atomic E-state index is 0.0120. The third kappa shape index (κ3) is 5.28. The number of hydrogen-bond acceptors (Lipinski definition) is 3. The molecule has 4 nitrogen and oxygen atoms in total. The third-order valence-electron chi connectivity index (χ3n) is 4.69. The Hall–Kier alpha value is -3.55. The molecule has 150 valence electrons. The molecule has 30 heavy (non-hydrogen) atoms. The van der Waals surface area contributed by atoms with E-state index in [1.165, 1.54) is 6.08 Å². The quantitative estimate of drug-likeness (QED) is 0.391. The van der Waals surface area contributed by atoms with Crippen molar-refractivity contribution in [2.45, 2.75) is 20.5 Å². The Kier molecular flexibility index (Phi) is 6.90. The molecule has 1 amide bonds. The third-order valence-corrected chi connectivity index (χ3v) is 5.06. The van der Waals surface area contributed by atoms with Crippen LogP contribution >= 0.6 is 11.6 Å². The molecule has 0 radical (unpaired) electrons. The maximum Gasteiger partial charge on any atom is 0.266 e. The van der Waals surface area contributed by atoms with E-state index in [2.05, 4.69) is 5.32 Å². The van der Waals surface area contributed by atoms with E-state index in [-0.39, 0.29) is 12.2 Å². The predicted octanol–water partition coefficient (Wildman–Crippen LogP) is 6.08. The molecule has 0 unspecified atom stereocenters. The molecule has 1 N–H and O–H groups in total. The van der Waals surface area contributed by atoms with Gasteiger partial charge in [-0.3, -0.25) is 4.79 Å². The number of nitrogens with one attached hydrogen (secondary N) is 1. The molecule has 0 spiro atoms. The molecule has 0 aliphatic heterocycles. The number of carbonyl (C=O) groups is 1. The number of para-hydroxylation sites is 1. The van der Waals surface area contributed by atoms with Crippen molar-refractivity contribution in [1.29, 1.82) is 5.26 Å². The first kappa shape index (κ1) is 21.2. The molecule has 0 aliphatic rings. The van der Waals surface area contributed by atoms with Crippen molar-refractivity contribution in [3.8, 4) is 11.8 Å². The smallest absolute Gasteiger partial charge is 0.266 e. The minimum atomic E-state index is -0.471. The number of carbonyl (C=O) groups excluding carboxylic acids is 1. The zero-order chi connectivity index (χ0) is 21.5. The maximum absolute atomic E-state index is 12.6. The topological polar surface area (TPSA) is 62.1 Å². The van der Waals surface area contributed by atoms with Crippen LogP contribution < -0.4 is 10.1 Å². The van der Waals surface area contributed by atoms with Crippen LogP contribution in [0.3, 0.4) is 0 Å². The molecule has 0 fully saturated rings. The lowest BCUT2D eigenvalue weighted by Crippen LogP contribution is -2.13. The van der Waals surface area contributed by atoms with Crippen molar-refractivity contribution in [3.05, 3.63) is 99.6 Å². The van der Waals surface area contributed by atoms with Gasteiger partial charge in [0.05, 0.1) is 0 Å². The number of amides is 1. The van der Waals surface area contributed by atoms with Crippen molar-refractivity contribution < 1.29 is 9.53 Å². The van der Waals surface area contributed by atoms with Gasteiger partial charge in [-0.05, 0) is 55.3 Å². The highest BCUT2D eigenvalue weighted by Crippen LogP contribution is 2.24. The van der Waals surface area contributed by atoms with Gasteiger partial charge in [0.25, 0.3) is 5.91 Å². The minimum Gasteiger partial charge on any atom is -0.488 e. The Bertz CT molecular complexity index is 1150. The van der Waals surface area contributed by atoms with Crippen molar-refractivity contribution in [2.75, 3.05) is 5.32 Å². The molecular formula is C25H21ClN2O2. The fourth-order valence-electron chi connectivity index (χ4n) is 2.82. The van der Waals surface area contributed by atoms with E-state index in [0.717, 1.165) is 16.7 Å². The second kappa shape index (κ2) is 9.78. The molecule has 0 saturated carbocycles. The summed E-state index contributed by atoms with van der Waals surface area (Å²) in [5.74, 6) is 0.0887. The summed E-state index contributed by atoms with van der Waals surface area (Å²) in [6.07, 6.45) is 1.53. The van der Waals surface area contributed by atoms with E-state index >= 15 is 0 Å². The summed E-state index contributed by atoms with van der Waals surface area (Å²) in [6.45, 7) is 4.25. The molecule has 3 aromatic rings. The Morgan fingerprint density at radius 2 is 1.80 bits per heavy atom. The molecule has 0 atom stereocenters. The number of aryl methyl sites for hydroxylation is 2. The molecule has 3 aromatic carbocycles. The number of benzene rings is 3. The lowest BCUT2D eigenvalue weighted by atomic mass is 10.1. The summed E-state index contributed by atoms with van der Waals surface area (Å²) in [6, 6.07) is 22.3. The van der Waals surface area contributed by atoms with Crippen molar-refractivity contribution in [3.63, 3.8) is 0 Å². The first-order valence-corrected chi connectivity index (χ1v) is 9.81. The molecule has 0 saturated heterocycles. The number of anilines is 1. The fourth-order valence-corrected chi connectivity index (χ4v) is 3.01. The average Bonchev–Trinajstić information content (AvgIpc) is 2.74. The van der Waals surface area contributed by atoms with E-state index in [0.29, 0.717) is 22.0 Å². The lowest BCUT2D eigenvalue weighted by Gasteiger charge is -2.11. The monoisotopic (exact) mass is 416 g/mol. The van der Waals surface area contributed by atoms with Gasteiger partial charge in [-0.2, -0.15) is 5.26 Å². The Balaban J connectivity index is 1.80. The second-order valence-corrected chi connectivity index (χ2v) is 7.25. The molecule has 0 bridgehead atoms. The standard InChI is InChI=1S/C25H21ClN2O2/c1-17-11-12-22(13-18(17)2)28-25(29)21(15-27)14-19-7-4-6-10-24(19)30-16-20-8-3-5-9-23(20)26/h3-14H,16H2,1-2H3,(H,28,29)/b21-14+. The first-order chi connectivity index (χ1) is 14.5. The van der Waals surface area contributed by atoms with Gasteiger partial charge in [0.15, 0.2) is 0 Å². The first-order valence-electron chi connectivity index (χ1n) is 9.43. The van der Waals surface area contributed by atoms with Crippen molar-refractivity contribution in [2.24, 2.45) is 0 Å². The van der Waals surface area contributed by atoms with Crippen LogP contribution in [-0.4, -0.2) is 5.91 Å². The maximum atomic E-state index is 12.6. The number of nitrogens with zero attached hydrogens (tertiary/aromatic N) is 1. The van der Waals surface area contributed by atoms with Gasteiger partial charge >= 0.3 is 0 Å². The number of ether oxygens (including phenoxy) is 1. The van der Waals surface area contributed by atoms with Crippen LogP contribution in [0, 0.1) is 25.2 Å². The highest BCUT2D eigenvalue weighted by molar-refractivity contribution is 6.31. The summed E-state index contributed by atoms with van der Waals surface area (Å²) in [5.41, 5.74) is 4.32. The molecule has 5 heteroatoms. The summed E-state index contributed by atoms with van der Waals surface area (Å²) >= 11 is 6.19. The molecule has 3 rings (SSSR count).